The Bertz CT molecular complexity index is 1010. The summed E-state index contributed by atoms with van der Waals surface area (Å²) in [4.78, 5) is 5.61. The van der Waals surface area contributed by atoms with Crippen molar-refractivity contribution in [3.63, 3.8) is 0 Å². The van der Waals surface area contributed by atoms with E-state index in [1.165, 1.54) is 24.2 Å². The van der Waals surface area contributed by atoms with Gasteiger partial charge >= 0.3 is 0 Å². The van der Waals surface area contributed by atoms with Gasteiger partial charge in [0.2, 0.25) is 0 Å². The molecule has 0 radical (unpaired) electrons. The van der Waals surface area contributed by atoms with Crippen molar-refractivity contribution >= 4 is 11.8 Å². The van der Waals surface area contributed by atoms with E-state index in [2.05, 4.69) is 23.2 Å². The predicted molar refractivity (Wildman–Crippen MR) is 119 cm³/mol. The molecule has 2 aliphatic carbocycles. The fourth-order valence-corrected chi connectivity index (χ4v) is 5.65. The summed E-state index contributed by atoms with van der Waals surface area (Å²) in [6.07, 6.45) is 8.89. The van der Waals surface area contributed by atoms with E-state index in [0.29, 0.717) is 11.1 Å². The molecule has 2 N–H and O–H groups in total. The van der Waals surface area contributed by atoms with Gasteiger partial charge in [-0.25, -0.2) is 4.98 Å². The highest BCUT2D eigenvalue weighted by atomic mass is 32.2. The number of nitrogens with zero attached hydrogens (tertiary/aromatic N) is 2. The molecule has 0 bridgehead atoms. The molecule has 0 spiro atoms. The van der Waals surface area contributed by atoms with Crippen molar-refractivity contribution in [1.29, 1.82) is 0 Å². The summed E-state index contributed by atoms with van der Waals surface area (Å²) in [5.74, 6) is 1.43. The van der Waals surface area contributed by atoms with Crippen LogP contribution in [0.3, 0.4) is 0 Å². The van der Waals surface area contributed by atoms with Crippen molar-refractivity contribution in [3.8, 4) is 28.3 Å². The summed E-state index contributed by atoms with van der Waals surface area (Å²) in [6.45, 7) is 1.88. The monoisotopic (exact) mass is 424 g/mol. The Morgan fingerprint density at radius 2 is 1.80 bits per heavy atom. The number of rotatable bonds is 5. The van der Waals surface area contributed by atoms with E-state index >= 15 is 0 Å². The second-order valence-corrected chi connectivity index (χ2v) is 9.94. The maximum absolute atomic E-state index is 10.4. The van der Waals surface area contributed by atoms with Gasteiger partial charge in [0.25, 0.3) is 0 Å². The number of aromatic nitrogens is 2. The van der Waals surface area contributed by atoms with Crippen molar-refractivity contribution in [1.82, 2.24) is 9.71 Å². The lowest BCUT2D eigenvalue weighted by molar-refractivity contribution is 0.0668. The lowest BCUT2D eigenvalue weighted by atomic mass is 9.94. The van der Waals surface area contributed by atoms with Crippen LogP contribution in [-0.4, -0.2) is 37.5 Å². The summed E-state index contributed by atoms with van der Waals surface area (Å²) < 4.78 is 7.62. The van der Waals surface area contributed by atoms with E-state index in [-0.39, 0.29) is 12.2 Å². The van der Waals surface area contributed by atoms with Crippen molar-refractivity contribution in [2.45, 2.75) is 74.2 Å². The van der Waals surface area contributed by atoms with Crippen LogP contribution in [0.2, 0.25) is 0 Å². The van der Waals surface area contributed by atoms with Crippen LogP contribution in [0.5, 0.6) is 5.75 Å². The standard InChI is InChI=1S/C24H28N2O3S/c1-15-13-21(20-11-12-25-24(20)26(15)28)22-14-19(30-18-3-2-4-18)9-10-23(22)29-17-7-5-16(27)6-8-17/h9-14,16-18,27-28H,2-8H2,1H3. The number of fused-ring (bicyclic) bond motifs is 1. The van der Waals surface area contributed by atoms with E-state index in [1.807, 2.05) is 30.8 Å². The van der Waals surface area contributed by atoms with Crippen LogP contribution in [0.1, 0.15) is 50.6 Å². The van der Waals surface area contributed by atoms with Crippen molar-refractivity contribution in [2.75, 3.05) is 0 Å². The molecular formula is C24H28N2O3S. The number of pyridine rings is 1. The third-order valence-corrected chi connectivity index (χ3v) is 7.72. The van der Waals surface area contributed by atoms with Crippen LogP contribution in [-0.2, 0) is 0 Å². The Hall–Kier alpha value is -2.18. The fraction of sp³-hybridized carbons (Fsp3) is 0.458. The molecule has 1 aromatic carbocycles. The first-order valence-electron chi connectivity index (χ1n) is 10.9. The van der Waals surface area contributed by atoms with Crippen LogP contribution in [0.15, 0.2) is 41.4 Å². The minimum absolute atomic E-state index is 0.123. The molecule has 5 nitrogen and oxygen atoms in total. The third-order valence-electron chi connectivity index (χ3n) is 6.39. The zero-order chi connectivity index (χ0) is 20.7. The topological polar surface area (TPSA) is 67.5 Å². The van der Waals surface area contributed by atoms with Gasteiger partial charge in [-0.2, -0.15) is 4.73 Å². The van der Waals surface area contributed by atoms with E-state index in [4.69, 9.17) is 4.74 Å². The number of hydrogen-bond donors (Lipinski definition) is 2. The Morgan fingerprint density at radius 3 is 2.53 bits per heavy atom. The van der Waals surface area contributed by atoms with Gasteiger partial charge in [0.05, 0.1) is 17.9 Å². The number of benzene rings is 1. The maximum atomic E-state index is 10.4. The molecule has 0 unspecified atom stereocenters. The summed E-state index contributed by atoms with van der Waals surface area (Å²) >= 11 is 1.95. The molecule has 2 heterocycles. The molecule has 0 atom stereocenters. The number of thioether (sulfide) groups is 1. The smallest absolute Gasteiger partial charge is 0.176 e. The normalized spacial score (nSPS) is 22.2. The first-order chi connectivity index (χ1) is 14.6. The highest BCUT2D eigenvalue weighted by Gasteiger charge is 2.25. The molecule has 0 aromatic heterocycles. The fourth-order valence-electron chi connectivity index (χ4n) is 4.36. The van der Waals surface area contributed by atoms with Crippen LogP contribution < -0.4 is 4.74 Å². The minimum atomic E-state index is -0.197. The van der Waals surface area contributed by atoms with Crippen LogP contribution in [0.4, 0.5) is 0 Å². The molecule has 2 saturated carbocycles. The molecule has 5 rings (SSSR count). The van der Waals surface area contributed by atoms with E-state index in [9.17, 15) is 10.3 Å². The molecule has 4 aliphatic rings. The SMILES string of the molecule is Cc1cc(-c2cc(SC3CCC3)ccc2OC2CCC(O)CC2)c2ccnc-2n1O. The molecule has 1 aromatic rings. The average Bonchev–Trinajstić information content (AvgIpc) is 3.20. The Balaban J connectivity index is 1.55. The average molecular weight is 425 g/mol. The van der Waals surface area contributed by atoms with E-state index < -0.39 is 0 Å². The van der Waals surface area contributed by atoms with Crippen LogP contribution in [0, 0.1) is 6.92 Å². The first kappa shape index (κ1) is 19.8. The van der Waals surface area contributed by atoms with Crippen LogP contribution in [0.25, 0.3) is 22.5 Å². The lowest BCUT2D eigenvalue weighted by Crippen LogP contribution is -2.26. The molecule has 30 heavy (non-hydrogen) atoms. The highest BCUT2D eigenvalue weighted by Crippen LogP contribution is 2.44. The number of hydrogen-bond acceptors (Lipinski definition) is 5. The number of aryl methyl sites for hydroxylation is 1. The summed E-state index contributed by atoms with van der Waals surface area (Å²) in [5, 5.41) is 20.9. The zero-order valence-corrected chi connectivity index (χ0v) is 18.1. The third kappa shape index (κ3) is 3.79. The number of ether oxygens (including phenoxy) is 1. The predicted octanol–water partition coefficient (Wildman–Crippen LogP) is 5.53. The molecule has 158 valence electrons. The quantitative estimate of drug-likeness (QED) is 0.527. The van der Waals surface area contributed by atoms with Crippen molar-refractivity contribution in [3.05, 3.63) is 42.2 Å². The molecule has 0 amide bonds. The van der Waals surface area contributed by atoms with Crippen LogP contribution >= 0.6 is 11.8 Å². The molecular weight excluding hydrogens is 396 g/mol. The summed E-state index contributed by atoms with van der Waals surface area (Å²) in [7, 11) is 0. The van der Waals surface area contributed by atoms with Crippen molar-refractivity contribution in [2.24, 2.45) is 0 Å². The lowest BCUT2D eigenvalue weighted by Gasteiger charge is -2.28. The van der Waals surface area contributed by atoms with E-state index in [0.717, 1.165) is 58.5 Å². The van der Waals surface area contributed by atoms with E-state index in [1.54, 1.807) is 6.20 Å². The second-order valence-electron chi connectivity index (χ2n) is 8.57. The van der Waals surface area contributed by atoms with Gasteiger partial charge in [0.15, 0.2) is 5.82 Å². The molecule has 2 aliphatic heterocycles. The largest absolute Gasteiger partial charge is 0.490 e. The maximum Gasteiger partial charge on any atom is 0.176 e. The van der Waals surface area contributed by atoms with Gasteiger partial charge in [-0.15, -0.1) is 11.8 Å². The number of aliphatic hydroxyl groups excluding tert-OH is 1. The van der Waals surface area contributed by atoms with Gasteiger partial charge in [-0.1, -0.05) is 6.42 Å². The first-order valence-corrected chi connectivity index (χ1v) is 11.8. The molecule has 0 saturated heterocycles. The van der Waals surface area contributed by atoms with Gasteiger partial charge < -0.3 is 15.1 Å². The highest BCUT2D eigenvalue weighted by molar-refractivity contribution is 8.00. The Kier molecular flexibility index (Phi) is 5.37. The second kappa shape index (κ2) is 8.16. The van der Waals surface area contributed by atoms with Gasteiger partial charge in [-0.3, -0.25) is 0 Å². The molecule has 2 fully saturated rings. The Labute approximate surface area is 181 Å². The van der Waals surface area contributed by atoms with Gasteiger partial charge in [0.1, 0.15) is 5.75 Å². The summed E-state index contributed by atoms with van der Waals surface area (Å²) in [5.41, 5.74) is 3.73. The minimum Gasteiger partial charge on any atom is -0.490 e. The van der Waals surface area contributed by atoms with Crippen molar-refractivity contribution < 1.29 is 15.1 Å². The van der Waals surface area contributed by atoms with Gasteiger partial charge in [0, 0.05) is 27.5 Å². The number of aliphatic hydroxyl groups is 1. The zero-order valence-electron chi connectivity index (χ0n) is 17.3. The molecule has 6 heteroatoms. The van der Waals surface area contributed by atoms with Gasteiger partial charge in [-0.05, 0) is 81.3 Å². The summed E-state index contributed by atoms with van der Waals surface area (Å²) in [6, 6.07) is 10.5. The Morgan fingerprint density at radius 1 is 1.00 bits per heavy atom.